The first-order valence-corrected chi connectivity index (χ1v) is 6.17. The summed E-state index contributed by atoms with van der Waals surface area (Å²) in [6.45, 7) is -1.40. The van der Waals surface area contributed by atoms with Crippen LogP contribution in [0.4, 0.5) is 4.39 Å². The fourth-order valence-electron chi connectivity index (χ4n) is 2.32. The fourth-order valence-corrected chi connectivity index (χ4v) is 2.32. The minimum Gasteiger partial charge on any atom is -0.396 e. The lowest BCUT2D eigenvalue weighted by atomic mass is 9.94. The highest BCUT2D eigenvalue weighted by molar-refractivity contribution is 6.22. The van der Waals surface area contributed by atoms with E-state index in [4.69, 9.17) is 5.11 Å². The summed E-state index contributed by atoms with van der Waals surface area (Å²) in [5.41, 5.74) is -1.50. The van der Waals surface area contributed by atoms with Crippen molar-refractivity contribution >= 4 is 11.8 Å². The summed E-state index contributed by atoms with van der Waals surface area (Å²) in [4.78, 5) is 25.2. The summed E-state index contributed by atoms with van der Waals surface area (Å²) in [5.74, 6) is -1.33. The topological polar surface area (TPSA) is 81.4 Å². The van der Waals surface area contributed by atoms with Crippen molar-refractivity contribution < 1.29 is 19.1 Å². The number of carbonyl (C=O) groups excluding carboxylic acids is 2. The van der Waals surface area contributed by atoms with E-state index in [2.05, 4.69) is 0 Å². The first-order chi connectivity index (χ1) is 9.61. The average Bonchev–Trinajstić information content (AvgIpc) is 2.75. The van der Waals surface area contributed by atoms with E-state index < -0.39 is 24.0 Å². The molecule has 0 spiro atoms. The lowest BCUT2D eigenvalue weighted by Gasteiger charge is -2.31. The van der Waals surface area contributed by atoms with Gasteiger partial charge < -0.3 is 5.11 Å². The largest absolute Gasteiger partial charge is 0.396 e. The van der Waals surface area contributed by atoms with Crippen LogP contribution < -0.4 is 0 Å². The van der Waals surface area contributed by atoms with Crippen LogP contribution in [-0.4, -0.2) is 40.6 Å². The SMILES string of the molecule is N#CC(CF)(CCCO)N1C(=O)c2ccccc2C1=O. The standard InChI is InChI=1S/C14H13FN2O3/c15-8-14(9-16,6-3-7-18)17-12(19)10-4-1-2-5-11(10)13(17)20/h1-2,4-5,18H,3,6-8H2. The summed E-state index contributed by atoms with van der Waals surface area (Å²) in [7, 11) is 0. The number of fused-ring (bicyclic) bond motifs is 1. The number of rotatable bonds is 5. The first-order valence-electron chi connectivity index (χ1n) is 6.17. The predicted molar refractivity (Wildman–Crippen MR) is 67.6 cm³/mol. The quantitative estimate of drug-likeness (QED) is 0.821. The first kappa shape index (κ1) is 14.2. The van der Waals surface area contributed by atoms with Crippen LogP contribution in [0.5, 0.6) is 0 Å². The highest BCUT2D eigenvalue weighted by Crippen LogP contribution is 2.32. The molecule has 6 heteroatoms. The molecule has 1 unspecified atom stereocenters. The maximum atomic E-state index is 13.4. The second-order valence-electron chi connectivity index (χ2n) is 4.60. The van der Waals surface area contributed by atoms with Crippen LogP contribution in [0.2, 0.25) is 0 Å². The molecule has 2 amide bonds. The molecule has 1 aliphatic heterocycles. The zero-order valence-corrected chi connectivity index (χ0v) is 10.7. The maximum absolute atomic E-state index is 13.4. The monoisotopic (exact) mass is 276 g/mol. The normalized spacial score (nSPS) is 16.8. The van der Waals surface area contributed by atoms with Gasteiger partial charge in [0, 0.05) is 6.61 Å². The van der Waals surface area contributed by atoms with Gasteiger partial charge in [-0.05, 0) is 25.0 Å². The molecule has 5 nitrogen and oxygen atoms in total. The summed E-state index contributed by atoms with van der Waals surface area (Å²) in [6.07, 6.45) is 0.0346. The van der Waals surface area contributed by atoms with Crippen molar-refractivity contribution in [2.45, 2.75) is 18.4 Å². The van der Waals surface area contributed by atoms with E-state index in [0.29, 0.717) is 4.90 Å². The number of aliphatic hydroxyl groups is 1. The third kappa shape index (κ3) is 1.96. The molecule has 1 atom stereocenters. The molecule has 0 saturated heterocycles. The van der Waals surface area contributed by atoms with Crippen LogP contribution >= 0.6 is 0 Å². The Labute approximate surface area is 115 Å². The van der Waals surface area contributed by atoms with E-state index in [1.54, 1.807) is 18.2 Å². The number of nitriles is 1. The molecule has 20 heavy (non-hydrogen) atoms. The van der Waals surface area contributed by atoms with Gasteiger partial charge in [0.25, 0.3) is 11.8 Å². The van der Waals surface area contributed by atoms with Gasteiger partial charge in [-0.3, -0.25) is 14.5 Å². The highest BCUT2D eigenvalue weighted by atomic mass is 19.1. The molecule has 1 heterocycles. The van der Waals surface area contributed by atoms with E-state index in [9.17, 15) is 19.2 Å². The van der Waals surface area contributed by atoms with E-state index in [-0.39, 0.29) is 30.6 Å². The number of benzene rings is 1. The van der Waals surface area contributed by atoms with Gasteiger partial charge in [0.15, 0.2) is 5.54 Å². The Morgan fingerprint density at radius 1 is 1.25 bits per heavy atom. The van der Waals surface area contributed by atoms with Crippen LogP contribution in [0.15, 0.2) is 24.3 Å². The molecule has 1 aliphatic rings. The van der Waals surface area contributed by atoms with E-state index in [1.807, 2.05) is 0 Å². The lowest BCUT2D eigenvalue weighted by Crippen LogP contribution is -2.52. The molecule has 1 N–H and O–H groups in total. The van der Waals surface area contributed by atoms with Gasteiger partial charge in [-0.15, -0.1) is 0 Å². The van der Waals surface area contributed by atoms with Crippen LogP contribution in [0.1, 0.15) is 33.6 Å². The molecule has 0 radical (unpaired) electrons. The smallest absolute Gasteiger partial charge is 0.263 e. The number of hydrogen-bond donors (Lipinski definition) is 1. The Kier molecular flexibility index (Phi) is 3.81. The molecular formula is C14H13FN2O3. The van der Waals surface area contributed by atoms with Crippen molar-refractivity contribution in [3.8, 4) is 6.07 Å². The Bertz CT molecular complexity index is 561. The third-order valence-corrected chi connectivity index (χ3v) is 3.40. The van der Waals surface area contributed by atoms with E-state index in [1.165, 1.54) is 12.1 Å². The summed E-state index contributed by atoms with van der Waals surface area (Å²) >= 11 is 0. The Balaban J connectivity index is 2.45. The number of imide groups is 1. The van der Waals surface area contributed by atoms with Crippen LogP contribution in [0.3, 0.4) is 0 Å². The summed E-state index contributed by atoms with van der Waals surface area (Å²) in [6, 6.07) is 7.89. The molecule has 0 saturated carbocycles. The number of halogens is 1. The van der Waals surface area contributed by atoms with Crippen molar-refractivity contribution in [2.24, 2.45) is 0 Å². The summed E-state index contributed by atoms with van der Waals surface area (Å²) in [5, 5.41) is 18.1. The van der Waals surface area contributed by atoms with Crippen molar-refractivity contribution in [1.82, 2.24) is 4.90 Å². The molecule has 1 aromatic carbocycles. The minimum atomic E-state index is -1.85. The van der Waals surface area contributed by atoms with Crippen molar-refractivity contribution in [1.29, 1.82) is 5.26 Å². The Morgan fingerprint density at radius 2 is 1.80 bits per heavy atom. The lowest BCUT2D eigenvalue weighted by molar-refractivity contribution is 0.0438. The van der Waals surface area contributed by atoms with Crippen LogP contribution in [0.25, 0.3) is 0 Å². The van der Waals surface area contributed by atoms with Crippen LogP contribution in [0, 0.1) is 11.3 Å². The third-order valence-electron chi connectivity index (χ3n) is 3.40. The van der Waals surface area contributed by atoms with E-state index >= 15 is 0 Å². The number of aliphatic hydroxyl groups excluding tert-OH is 1. The zero-order chi connectivity index (χ0) is 14.8. The van der Waals surface area contributed by atoms with Gasteiger partial charge in [-0.25, -0.2) is 4.39 Å². The van der Waals surface area contributed by atoms with Gasteiger partial charge in [-0.1, -0.05) is 12.1 Å². The van der Waals surface area contributed by atoms with Crippen LogP contribution in [-0.2, 0) is 0 Å². The molecular weight excluding hydrogens is 263 g/mol. The molecule has 104 valence electrons. The van der Waals surface area contributed by atoms with E-state index in [0.717, 1.165) is 0 Å². The Hall–Kier alpha value is -2.26. The maximum Gasteiger partial charge on any atom is 0.263 e. The van der Waals surface area contributed by atoms with Gasteiger partial charge in [0.2, 0.25) is 0 Å². The minimum absolute atomic E-state index is 0.0953. The number of hydrogen-bond acceptors (Lipinski definition) is 4. The molecule has 1 aromatic rings. The molecule has 0 fully saturated rings. The highest BCUT2D eigenvalue weighted by Gasteiger charge is 2.49. The van der Waals surface area contributed by atoms with Crippen molar-refractivity contribution in [3.05, 3.63) is 35.4 Å². The number of alkyl halides is 1. The van der Waals surface area contributed by atoms with Crippen molar-refractivity contribution in [2.75, 3.05) is 13.3 Å². The van der Waals surface area contributed by atoms with Gasteiger partial charge in [0.1, 0.15) is 6.67 Å². The van der Waals surface area contributed by atoms with Gasteiger partial charge >= 0.3 is 0 Å². The van der Waals surface area contributed by atoms with Crippen molar-refractivity contribution in [3.63, 3.8) is 0 Å². The number of amides is 2. The molecule has 2 rings (SSSR count). The van der Waals surface area contributed by atoms with Gasteiger partial charge in [-0.2, -0.15) is 5.26 Å². The second kappa shape index (κ2) is 5.39. The Morgan fingerprint density at radius 3 is 2.20 bits per heavy atom. The second-order valence-corrected chi connectivity index (χ2v) is 4.60. The molecule has 0 aliphatic carbocycles. The number of carbonyl (C=O) groups is 2. The molecule has 0 bridgehead atoms. The fraction of sp³-hybridized carbons (Fsp3) is 0.357. The molecule has 0 aromatic heterocycles. The van der Waals surface area contributed by atoms with Gasteiger partial charge in [0.05, 0.1) is 17.2 Å². The predicted octanol–water partition coefficient (Wildman–Crippen LogP) is 1.29. The number of nitrogens with zero attached hydrogens (tertiary/aromatic N) is 2. The average molecular weight is 276 g/mol. The summed E-state index contributed by atoms with van der Waals surface area (Å²) < 4.78 is 13.4. The zero-order valence-electron chi connectivity index (χ0n) is 10.7.